The van der Waals surface area contributed by atoms with Crippen LogP contribution >= 0.6 is 0 Å². The molecule has 1 N–H and O–H groups in total. The predicted octanol–water partition coefficient (Wildman–Crippen LogP) is 1.48. The summed E-state index contributed by atoms with van der Waals surface area (Å²) in [6.45, 7) is 4.02. The highest BCUT2D eigenvalue weighted by molar-refractivity contribution is 7.89. The SMILES string of the molecule is CCONS(=O)(=O)c1ccc(CC)cc1. The Morgan fingerprint density at radius 3 is 2.27 bits per heavy atom. The van der Waals surface area contributed by atoms with Crippen LogP contribution in [0.1, 0.15) is 19.4 Å². The summed E-state index contributed by atoms with van der Waals surface area (Å²) in [6, 6.07) is 6.72. The summed E-state index contributed by atoms with van der Waals surface area (Å²) in [5, 5.41) is 0. The van der Waals surface area contributed by atoms with E-state index in [-0.39, 0.29) is 4.90 Å². The van der Waals surface area contributed by atoms with Crippen molar-refractivity contribution in [2.75, 3.05) is 6.61 Å². The van der Waals surface area contributed by atoms with Gasteiger partial charge in [0.25, 0.3) is 10.0 Å². The summed E-state index contributed by atoms with van der Waals surface area (Å²) in [6.07, 6.45) is 0.888. The van der Waals surface area contributed by atoms with Gasteiger partial charge in [0.05, 0.1) is 11.5 Å². The normalized spacial score (nSPS) is 11.6. The Balaban J connectivity index is 2.86. The van der Waals surface area contributed by atoms with E-state index in [0.717, 1.165) is 12.0 Å². The summed E-state index contributed by atoms with van der Waals surface area (Å²) < 4.78 is 23.1. The maximum Gasteiger partial charge on any atom is 0.262 e. The Morgan fingerprint density at radius 1 is 1.20 bits per heavy atom. The Hall–Kier alpha value is -0.910. The van der Waals surface area contributed by atoms with Gasteiger partial charge in [-0.1, -0.05) is 23.9 Å². The molecule has 0 fully saturated rings. The summed E-state index contributed by atoms with van der Waals surface area (Å²) in [5.41, 5.74) is 1.10. The Labute approximate surface area is 90.3 Å². The van der Waals surface area contributed by atoms with Crippen molar-refractivity contribution in [2.45, 2.75) is 25.2 Å². The molecule has 0 heterocycles. The first-order chi connectivity index (χ1) is 7.10. The van der Waals surface area contributed by atoms with E-state index in [0.29, 0.717) is 6.61 Å². The largest absolute Gasteiger partial charge is 0.287 e. The van der Waals surface area contributed by atoms with Crippen LogP contribution in [0.25, 0.3) is 0 Å². The topological polar surface area (TPSA) is 55.4 Å². The molecule has 0 atom stereocenters. The summed E-state index contributed by atoms with van der Waals surface area (Å²) >= 11 is 0. The molecule has 0 aliphatic rings. The van der Waals surface area contributed by atoms with Crippen molar-refractivity contribution in [1.29, 1.82) is 0 Å². The van der Waals surface area contributed by atoms with E-state index < -0.39 is 10.0 Å². The van der Waals surface area contributed by atoms with Gasteiger partial charge in [0.2, 0.25) is 0 Å². The number of aryl methyl sites for hydroxylation is 1. The third-order valence-electron chi connectivity index (χ3n) is 1.95. The van der Waals surface area contributed by atoms with Gasteiger partial charge in [-0.25, -0.2) is 8.42 Å². The first-order valence-corrected chi connectivity index (χ1v) is 6.31. The molecular weight excluding hydrogens is 214 g/mol. The zero-order chi connectivity index (χ0) is 11.3. The van der Waals surface area contributed by atoms with E-state index in [2.05, 4.69) is 4.84 Å². The minimum atomic E-state index is -3.52. The maximum absolute atomic E-state index is 11.6. The second-order valence-electron chi connectivity index (χ2n) is 3.02. The summed E-state index contributed by atoms with van der Waals surface area (Å²) in [4.78, 5) is 6.92. The highest BCUT2D eigenvalue weighted by Gasteiger charge is 2.12. The predicted molar refractivity (Wildman–Crippen MR) is 57.8 cm³/mol. The highest BCUT2D eigenvalue weighted by atomic mass is 32.2. The van der Waals surface area contributed by atoms with Crippen molar-refractivity contribution in [3.8, 4) is 0 Å². The Kier molecular flexibility index (Phi) is 4.26. The molecule has 4 nitrogen and oxygen atoms in total. The standard InChI is InChI=1S/C10H15NO3S/c1-3-9-5-7-10(8-6-9)15(12,13)11-14-4-2/h5-8,11H,3-4H2,1-2H3. The number of sulfonamides is 1. The number of nitrogens with one attached hydrogen (secondary N) is 1. The van der Waals surface area contributed by atoms with Gasteiger partial charge in [0, 0.05) is 0 Å². The second-order valence-corrected chi connectivity index (χ2v) is 4.66. The molecule has 0 radical (unpaired) electrons. The molecular formula is C10H15NO3S. The average molecular weight is 229 g/mol. The van der Waals surface area contributed by atoms with Crippen LogP contribution < -0.4 is 4.89 Å². The number of hydrogen-bond acceptors (Lipinski definition) is 3. The zero-order valence-electron chi connectivity index (χ0n) is 8.86. The third-order valence-corrected chi connectivity index (χ3v) is 3.18. The van der Waals surface area contributed by atoms with Gasteiger partial charge in [0.1, 0.15) is 0 Å². The molecule has 0 spiro atoms. The lowest BCUT2D eigenvalue weighted by atomic mass is 10.2. The molecule has 1 rings (SSSR count). The van der Waals surface area contributed by atoms with E-state index in [1.165, 1.54) is 0 Å². The van der Waals surface area contributed by atoms with Crippen LogP contribution in [-0.2, 0) is 21.3 Å². The molecule has 0 saturated carbocycles. The van der Waals surface area contributed by atoms with E-state index in [1.807, 2.05) is 11.8 Å². The molecule has 0 bridgehead atoms. The number of hydrogen-bond donors (Lipinski definition) is 1. The first kappa shape index (κ1) is 12.2. The second kappa shape index (κ2) is 5.25. The van der Waals surface area contributed by atoms with Gasteiger partial charge in [-0.05, 0) is 31.0 Å². The molecule has 5 heteroatoms. The van der Waals surface area contributed by atoms with E-state index in [4.69, 9.17) is 0 Å². The van der Waals surface area contributed by atoms with E-state index >= 15 is 0 Å². The molecule has 15 heavy (non-hydrogen) atoms. The fourth-order valence-corrected chi connectivity index (χ4v) is 1.95. The molecule has 0 aromatic heterocycles. The fraction of sp³-hybridized carbons (Fsp3) is 0.400. The van der Waals surface area contributed by atoms with Gasteiger partial charge in [-0.15, -0.1) is 0 Å². The molecule has 0 aliphatic heterocycles. The average Bonchev–Trinajstić information content (AvgIpc) is 2.26. The minimum Gasteiger partial charge on any atom is -0.287 e. The van der Waals surface area contributed by atoms with Crippen molar-refractivity contribution >= 4 is 10.0 Å². The lowest BCUT2D eigenvalue weighted by Crippen LogP contribution is -2.23. The smallest absolute Gasteiger partial charge is 0.262 e. The van der Waals surface area contributed by atoms with Crippen LogP contribution in [-0.4, -0.2) is 15.0 Å². The summed E-state index contributed by atoms with van der Waals surface area (Å²) in [7, 11) is -3.52. The Morgan fingerprint density at radius 2 is 1.80 bits per heavy atom. The Bertz CT molecular complexity index is 397. The molecule has 0 unspecified atom stereocenters. The molecule has 0 aliphatic carbocycles. The third kappa shape index (κ3) is 3.30. The summed E-state index contributed by atoms with van der Waals surface area (Å²) in [5.74, 6) is 0. The molecule has 1 aromatic rings. The maximum atomic E-state index is 11.6. The fourth-order valence-electron chi connectivity index (χ4n) is 1.09. The molecule has 0 saturated heterocycles. The molecule has 1 aromatic carbocycles. The highest BCUT2D eigenvalue weighted by Crippen LogP contribution is 2.10. The van der Waals surface area contributed by atoms with Gasteiger partial charge < -0.3 is 0 Å². The monoisotopic (exact) mass is 229 g/mol. The van der Waals surface area contributed by atoms with E-state index in [9.17, 15) is 8.42 Å². The van der Waals surface area contributed by atoms with E-state index in [1.54, 1.807) is 31.2 Å². The van der Waals surface area contributed by atoms with Gasteiger partial charge in [-0.2, -0.15) is 0 Å². The van der Waals surface area contributed by atoms with Crippen LogP contribution in [0.15, 0.2) is 29.2 Å². The first-order valence-electron chi connectivity index (χ1n) is 4.82. The molecule has 0 amide bonds. The lowest BCUT2D eigenvalue weighted by molar-refractivity contribution is 0.105. The van der Waals surface area contributed by atoms with Gasteiger partial charge >= 0.3 is 0 Å². The quantitative estimate of drug-likeness (QED) is 0.778. The van der Waals surface area contributed by atoms with Crippen molar-refractivity contribution < 1.29 is 13.3 Å². The van der Waals surface area contributed by atoms with Crippen LogP contribution in [0, 0.1) is 0 Å². The van der Waals surface area contributed by atoms with Crippen LogP contribution in [0.4, 0.5) is 0 Å². The zero-order valence-corrected chi connectivity index (χ0v) is 9.67. The number of rotatable bonds is 5. The van der Waals surface area contributed by atoms with Crippen molar-refractivity contribution in [3.05, 3.63) is 29.8 Å². The van der Waals surface area contributed by atoms with Crippen LogP contribution in [0.2, 0.25) is 0 Å². The molecule has 84 valence electrons. The number of benzene rings is 1. The van der Waals surface area contributed by atoms with Crippen molar-refractivity contribution in [3.63, 3.8) is 0 Å². The van der Waals surface area contributed by atoms with Crippen molar-refractivity contribution in [2.24, 2.45) is 0 Å². The minimum absolute atomic E-state index is 0.216. The van der Waals surface area contributed by atoms with Gasteiger partial charge in [-0.3, -0.25) is 4.84 Å². The van der Waals surface area contributed by atoms with Crippen LogP contribution in [0.5, 0.6) is 0 Å². The van der Waals surface area contributed by atoms with Crippen LogP contribution in [0.3, 0.4) is 0 Å². The lowest BCUT2D eigenvalue weighted by Gasteiger charge is -2.05. The van der Waals surface area contributed by atoms with Crippen molar-refractivity contribution in [1.82, 2.24) is 4.89 Å². The van der Waals surface area contributed by atoms with Gasteiger partial charge in [0.15, 0.2) is 0 Å².